The molecule has 2 unspecified atom stereocenters. The lowest BCUT2D eigenvalue weighted by Crippen LogP contribution is -2.41. The Morgan fingerprint density at radius 1 is 1.56 bits per heavy atom. The van der Waals surface area contributed by atoms with Gasteiger partial charge in [0.15, 0.2) is 0 Å². The molecular formula is C11H18N4O. The smallest absolute Gasteiger partial charge is 0.271 e. The number of H-pyrrole nitrogens is 1. The van der Waals surface area contributed by atoms with Gasteiger partial charge in [-0.1, -0.05) is 19.8 Å². The molecular weight excluding hydrogens is 204 g/mol. The number of carbonyl (C=O) groups is 1. The maximum Gasteiger partial charge on any atom is 0.271 e. The first-order valence-electron chi connectivity index (χ1n) is 5.78. The van der Waals surface area contributed by atoms with Crippen LogP contribution in [0.15, 0.2) is 6.20 Å². The quantitative estimate of drug-likeness (QED) is 0.705. The van der Waals surface area contributed by atoms with E-state index in [0.717, 1.165) is 6.42 Å². The van der Waals surface area contributed by atoms with Crippen molar-refractivity contribution in [3.63, 3.8) is 0 Å². The number of nitrogens with two attached hydrogens (primary N) is 1. The highest BCUT2D eigenvalue weighted by Gasteiger charge is 2.24. The number of aromatic amines is 1. The predicted octanol–water partition coefficient (Wildman–Crippen LogP) is 1.30. The number of hydrogen-bond donors (Lipinski definition) is 3. The van der Waals surface area contributed by atoms with Crippen molar-refractivity contribution in [2.75, 3.05) is 5.73 Å². The summed E-state index contributed by atoms with van der Waals surface area (Å²) in [6.07, 6.45) is 6.15. The van der Waals surface area contributed by atoms with Gasteiger partial charge in [0, 0.05) is 6.04 Å². The molecule has 0 aromatic carbocycles. The van der Waals surface area contributed by atoms with Crippen LogP contribution >= 0.6 is 0 Å². The van der Waals surface area contributed by atoms with Crippen LogP contribution < -0.4 is 11.1 Å². The number of amides is 1. The van der Waals surface area contributed by atoms with Gasteiger partial charge >= 0.3 is 0 Å². The number of nitrogens with zero attached hydrogens (tertiary/aromatic N) is 1. The second kappa shape index (κ2) is 4.55. The maximum atomic E-state index is 11.9. The molecule has 0 aliphatic heterocycles. The van der Waals surface area contributed by atoms with E-state index in [4.69, 9.17) is 5.73 Å². The first-order chi connectivity index (χ1) is 7.68. The number of hydrogen-bond acceptors (Lipinski definition) is 3. The fraction of sp³-hybridized carbons (Fsp3) is 0.636. The van der Waals surface area contributed by atoms with E-state index in [2.05, 4.69) is 22.4 Å². The Hall–Kier alpha value is -1.52. The molecule has 2 rings (SSSR count). The van der Waals surface area contributed by atoms with Crippen LogP contribution in [0.5, 0.6) is 0 Å². The van der Waals surface area contributed by atoms with Crippen molar-refractivity contribution >= 4 is 11.6 Å². The van der Waals surface area contributed by atoms with E-state index in [1.807, 2.05) is 0 Å². The van der Waals surface area contributed by atoms with Crippen molar-refractivity contribution in [1.82, 2.24) is 15.5 Å². The molecule has 0 radical (unpaired) electrons. The summed E-state index contributed by atoms with van der Waals surface area (Å²) in [5.41, 5.74) is 6.40. The zero-order valence-corrected chi connectivity index (χ0v) is 9.49. The Morgan fingerprint density at radius 2 is 2.31 bits per heavy atom. The van der Waals surface area contributed by atoms with E-state index in [1.165, 1.54) is 25.5 Å². The third-order valence-corrected chi connectivity index (χ3v) is 3.32. The molecule has 4 N–H and O–H groups in total. The van der Waals surface area contributed by atoms with Gasteiger partial charge in [-0.25, -0.2) is 0 Å². The molecule has 1 aliphatic carbocycles. The van der Waals surface area contributed by atoms with Gasteiger partial charge in [0.1, 0.15) is 5.69 Å². The first kappa shape index (κ1) is 11.0. The van der Waals surface area contributed by atoms with Gasteiger partial charge in [0.25, 0.3) is 5.91 Å². The molecule has 1 fully saturated rings. The molecule has 1 heterocycles. The number of nitrogens with one attached hydrogen (secondary N) is 2. The van der Waals surface area contributed by atoms with Gasteiger partial charge in [-0.05, 0) is 18.8 Å². The lowest BCUT2D eigenvalue weighted by atomic mass is 9.86. The van der Waals surface area contributed by atoms with Crippen molar-refractivity contribution < 1.29 is 4.79 Å². The Morgan fingerprint density at radius 3 is 2.94 bits per heavy atom. The highest BCUT2D eigenvalue weighted by molar-refractivity contribution is 5.97. The van der Waals surface area contributed by atoms with Crippen LogP contribution in [0.3, 0.4) is 0 Å². The molecule has 0 bridgehead atoms. The molecule has 16 heavy (non-hydrogen) atoms. The molecule has 0 saturated heterocycles. The van der Waals surface area contributed by atoms with Crippen LogP contribution in [0.4, 0.5) is 5.69 Å². The Kier molecular flexibility index (Phi) is 3.12. The Bertz CT molecular complexity index is 374. The average molecular weight is 222 g/mol. The van der Waals surface area contributed by atoms with Gasteiger partial charge in [0.05, 0.1) is 11.9 Å². The zero-order chi connectivity index (χ0) is 11.5. The van der Waals surface area contributed by atoms with Gasteiger partial charge in [0.2, 0.25) is 0 Å². The summed E-state index contributed by atoms with van der Waals surface area (Å²) in [7, 11) is 0. The monoisotopic (exact) mass is 222 g/mol. The minimum Gasteiger partial charge on any atom is -0.396 e. The number of aromatic nitrogens is 2. The Balaban J connectivity index is 1.99. The molecule has 88 valence electrons. The number of anilines is 1. The minimum atomic E-state index is -0.145. The van der Waals surface area contributed by atoms with Gasteiger partial charge in [-0.3, -0.25) is 9.89 Å². The predicted molar refractivity (Wildman–Crippen MR) is 61.9 cm³/mol. The fourth-order valence-corrected chi connectivity index (χ4v) is 2.25. The summed E-state index contributed by atoms with van der Waals surface area (Å²) in [5.74, 6) is 0.399. The normalized spacial score (nSPS) is 25.3. The van der Waals surface area contributed by atoms with Crippen molar-refractivity contribution in [2.45, 2.75) is 38.6 Å². The highest BCUT2D eigenvalue weighted by Crippen LogP contribution is 2.24. The summed E-state index contributed by atoms with van der Waals surface area (Å²) in [5, 5.41) is 9.39. The van der Waals surface area contributed by atoms with Gasteiger partial charge < -0.3 is 11.1 Å². The number of rotatable bonds is 2. The van der Waals surface area contributed by atoms with Crippen molar-refractivity contribution in [1.29, 1.82) is 0 Å². The standard InChI is InChI=1S/C11H18N4O/c1-7-4-2-3-5-9(7)14-11(16)10-8(12)6-13-15-10/h6-7,9H,2-5,12H2,1H3,(H,13,15)(H,14,16). The number of nitrogen functional groups attached to an aromatic ring is 1. The molecule has 5 nitrogen and oxygen atoms in total. The lowest BCUT2D eigenvalue weighted by molar-refractivity contribution is 0.0906. The highest BCUT2D eigenvalue weighted by atomic mass is 16.2. The third-order valence-electron chi connectivity index (χ3n) is 3.32. The second-order valence-electron chi connectivity index (χ2n) is 4.54. The van der Waals surface area contributed by atoms with E-state index >= 15 is 0 Å². The van der Waals surface area contributed by atoms with Crippen LogP contribution in [0.25, 0.3) is 0 Å². The molecule has 0 spiro atoms. The summed E-state index contributed by atoms with van der Waals surface area (Å²) >= 11 is 0. The molecule has 2 atom stereocenters. The molecule has 1 aliphatic rings. The fourth-order valence-electron chi connectivity index (χ4n) is 2.25. The van der Waals surface area contributed by atoms with Crippen LogP contribution in [0.2, 0.25) is 0 Å². The summed E-state index contributed by atoms with van der Waals surface area (Å²) in [4.78, 5) is 11.9. The van der Waals surface area contributed by atoms with Crippen LogP contribution in [0.1, 0.15) is 43.1 Å². The van der Waals surface area contributed by atoms with Crippen LogP contribution in [0, 0.1) is 5.92 Å². The SMILES string of the molecule is CC1CCCCC1NC(=O)c1[nH]ncc1N. The van der Waals surface area contributed by atoms with E-state index < -0.39 is 0 Å². The van der Waals surface area contributed by atoms with Crippen molar-refractivity contribution in [2.24, 2.45) is 5.92 Å². The van der Waals surface area contributed by atoms with E-state index in [9.17, 15) is 4.79 Å². The third kappa shape index (κ3) is 2.18. The molecule has 5 heteroatoms. The number of carbonyl (C=O) groups excluding carboxylic acids is 1. The lowest BCUT2D eigenvalue weighted by Gasteiger charge is -2.29. The summed E-state index contributed by atoms with van der Waals surface area (Å²) in [6.45, 7) is 2.18. The van der Waals surface area contributed by atoms with E-state index in [0.29, 0.717) is 17.3 Å². The zero-order valence-electron chi connectivity index (χ0n) is 9.49. The second-order valence-corrected chi connectivity index (χ2v) is 4.54. The van der Waals surface area contributed by atoms with Crippen molar-refractivity contribution in [3.8, 4) is 0 Å². The molecule has 1 saturated carbocycles. The average Bonchev–Trinajstić information content (AvgIpc) is 2.68. The maximum absolute atomic E-state index is 11.9. The Labute approximate surface area is 94.8 Å². The van der Waals surface area contributed by atoms with Gasteiger partial charge in [-0.2, -0.15) is 5.10 Å². The molecule has 1 aromatic heterocycles. The largest absolute Gasteiger partial charge is 0.396 e. The van der Waals surface area contributed by atoms with E-state index in [-0.39, 0.29) is 11.9 Å². The van der Waals surface area contributed by atoms with Crippen LogP contribution in [-0.2, 0) is 0 Å². The first-order valence-corrected chi connectivity index (χ1v) is 5.78. The van der Waals surface area contributed by atoms with Crippen molar-refractivity contribution in [3.05, 3.63) is 11.9 Å². The molecule has 1 aromatic rings. The summed E-state index contributed by atoms with van der Waals surface area (Å²) < 4.78 is 0. The van der Waals surface area contributed by atoms with Gasteiger partial charge in [-0.15, -0.1) is 0 Å². The topological polar surface area (TPSA) is 83.8 Å². The summed E-state index contributed by atoms with van der Waals surface area (Å²) in [6, 6.07) is 0.268. The minimum absolute atomic E-state index is 0.145. The van der Waals surface area contributed by atoms with E-state index in [1.54, 1.807) is 0 Å². The van der Waals surface area contributed by atoms with Crippen LogP contribution in [-0.4, -0.2) is 22.1 Å². The molecule has 1 amide bonds.